The van der Waals surface area contributed by atoms with E-state index in [9.17, 15) is 4.79 Å². The van der Waals surface area contributed by atoms with E-state index in [1.54, 1.807) is 0 Å². The summed E-state index contributed by atoms with van der Waals surface area (Å²) in [6.45, 7) is 6.31. The van der Waals surface area contributed by atoms with E-state index in [2.05, 4.69) is 44.3 Å². The second-order valence-corrected chi connectivity index (χ2v) is 8.37. The van der Waals surface area contributed by atoms with Gasteiger partial charge in [-0.2, -0.15) is 0 Å². The molecule has 3 aliphatic heterocycles. The summed E-state index contributed by atoms with van der Waals surface area (Å²) < 4.78 is 6.45. The van der Waals surface area contributed by atoms with Crippen LogP contribution < -0.4 is 10.3 Å². The van der Waals surface area contributed by atoms with E-state index in [0.717, 1.165) is 62.4 Å². The summed E-state index contributed by atoms with van der Waals surface area (Å²) in [6.07, 6.45) is 5.29. The number of benzene rings is 1. The highest BCUT2D eigenvalue weighted by atomic mass is 16.5. The van der Waals surface area contributed by atoms with Crippen LogP contribution in [0.2, 0.25) is 0 Å². The number of nitrogens with one attached hydrogen (secondary N) is 2. The molecule has 2 atom stereocenters. The molecule has 6 heteroatoms. The van der Waals surface area contributed by atoms with Crippen molar-refractivity contribution in [2.75, 3.05) is 32.7 Å². The molecule has 2 bridgehead atoms. The summed E-state index contributed by atoms with van der Waals surface area (Å²) in [5.41, 5.74) is 3.39. The van der Waals surface area contributed by atoms with Crippen LogP contribution in [0.1, 0.15) is 36.1 Å². The van der Waals surface area contributed by atoms with Gasteiger partial charge in [0.05, 0.1) is 0 Å². The third-order valence-electron chi connectivity index (χ3n) is 6.49. The maximum absolute atomic E-state index is 11.8. The second-order valence-electron chi connectivity index (χ2n) is 8.37. The molecule has 0 amide bonds. The van der Waals surface area contributed by atoms with E-state index in [1.807, 2.05) is 0 Å². The van der Waals surface area contributed by atoms with Crippen molar-refractivity contribution in [1.82, 2.24) is 20.0 Å². The Kier molecular flexibility index (Phi) is 4.32. The average molecular weight is 368 g/mol. The Labute approximate surface area is 159 Å². The molecule has 0 radical (unpaired) electrons. The van der Waals surface area contributed by atoms with Gasteiger partial charge in [-0.25, -0.2) is 0 Å². The fourth-order valence-corrected chi connectivity index (χ4v) is 4.96. The van der Waals surface area contributed by atoms with Crippen LogP contribution in [0.25, 0.3) is 0 Å². The minimum atomic E-state index is 0.0425. The molecule has 4 heterocycles. The minimum absolute atomic E-state index is 0.0425. The Balaban J connectivity index is 1.20. The third-order valence-corrected chi connectivity index (χ3v) is 6.49. The monoisotopic (exact) mass is 368 g/mol. The lowest BCUT2D eigenvalue weighted by molar-refractivity contribution is 0.0453. The topological polar surface area (TPSA) is 64.4 Å². The van der Waals surface area contributed by atoms with Gasteiger partial charge < -0.3 is 9.84 Å². The number of aromatic nitrogens is 2. The maximum Gasteiger partial charge on any atom is 0.267 e. The van der Waals surface area contributed by atoms with Crippen molar-refractivity contribution >= 4 is 0 Å². The number of nitrogens with zero attached hydrogens (tertiary/aromatic N) is 2. The zero-order valence-electron chi connectivity index (χ0n) is 15.8. The van der Waals surface area contributed by atoms with Crippen LogP contribution in [0.5, 0.6) is 5.75 Å². The molecular weight excluding hydrogens is 340 g/mol. The van der Waals surface area contributed by atoms with E-state index in [0.29, 0.717) is 0 Å². The molecule has 27 heavy (non-hydrogen) atoms. The van der Waals surface area contributed by atoms with Gasteiger partial charge in [0.2, 0.25) is 0 Å². The van der Waals surface area contributed by atoms with Gasteiger partial charge in [0.15, 0.2) is 0 Å². The normalized spacial score (nSPS) is 27.9. The van der Waals surface area contributed by atoms with Crippen molar-refractivity contribution in [2.45, 2.75) is 44.2 Å². The zero-order chi connectivity index (χ0) is 18.3. The number of ether oxygens (including phenoxy) is 1. The number of aromatic amines is 2. The van der Waals surface area contributed by atoms with Crippen molar-refractivity contribution in [3.63, 3.8) is 0 Å². The number of hydrogen-bond acceptors (Lipinski definition) is 4. The molecule has 1 aromatic heterocycles. The van der Waals surface area contributed by atoms with Gasteiger partial charge >= 0.3 is 0 Å². The van der Waals surface area contributed by atoms with Gasteiger partial charge in [0, 0.05) is 56.8 Å². The fourth-order valence-electron chi connectivity index (χ4n) is 4.96. The number of rotatable bonds is 4. The minimum Gasteiger partial charge on any atom is -0.486 e. The predicted molar refractivity (Wildman–Crippen MR) is 104 cm³/mol. The molecular formula is C21H28N4O2. The molecule has 0 aliphatic carbocycles. The van der Waals surface area contributed by atoms with Gasteiger partial charge in [-0.1, -0.05) is 12.1 Å². The summed E-state index contributed by atoms with van der Waals surface area (Å²) in [6, 6.07) is 8.65. The lowest BCUT2D eigenvalue weighted by atomic mass is 9.94. The summed E-state index contributed by atoms with van der Waals surface area (Å²) in [4.78, 5) is 16.8. The van der Waals surface area contributed by atoms with Gasteiger partial charge in [0.1, 0.15) is 11.4 Å². The summed E-state index contributed by atoms with van der Waals surface area (Å²) >= 11 is 0. The van der Waals surface area contributed by atoms with E-state index < -0.39 is 0 Å². The average Bonchev–Trinajstić information content (AvgIpc) is 3.08. The Hall–Kier alpha value is -2.05. The Morgan fingerprint density at radius 1 is 1.00 bits per heavy atom. The highest BCUT2D eigenvalue weighted by Gasteiger charge is 2.42. The van der Waals surface area contributed by atoms with Gasteiger partial charge in [-0.3, -0.25) is 19.7 Å². The second kappa shape index (κ2) is 6.84. The predicted octanol–water partition coefficient (Wildman–Crippen LogP) is 1.92. The van der Waals surface area contributed by atoms with Crippen molar-refractivity contribution in [3.8, 4) is 5.75 Å². The largest absolute Gasteiger partial charge is 0.486 e. The Morgan fingerprint density at radius 3 is 2.74 bits per heavy atom. The lowest BCUT2D eigenvalue weighted by Crippen LogP contribution is -2.43. The molecule has 6 nitrogen and oxygen atoms in total. The van der Waals surface area contributed by atoms with Crippen LogP contribution in [0, 0.1) is 0 Å². The summed E-state index contributed by atoms with van der Waals surface area (Å²) in [7, 11) is 0. The molecule has 2 unspecified atom stereocenters. The molecule has 1 aromatic carbocycles. The number of fused-ring (bicyclic) bond motifs is 3. The number of H-pyrrole nitrogens is 2. The van der Waals surface area contributed by atoms with Crippen LogP contribution in [-0.2, 0) is 19.4 Å². The first-order valence-corrected chi connectivity index (χ1v) is 10.2. The van der Waals surface area contributed by atoms with Crippen LogP contribution >= 0.6 is 0 Å². The van der Waals surface area contributed by atoms with E-state index >= 15 is 0 Å². The molecule has 2 N–H and O–H groups in total. The van der Waals surface area contributed by atoms with Crippen molar-refractivity contribution < 1.29 is 4.74 Å². The molecule has 2 fully saturated rings. The van der Waals surface area contributed by atoms with Crippen LogP contribution in [0.3, 0.4) is 0 Å². The van der Waals surface area contributed by atoms with E-state index in [1.165, 1.54) is 31.5 Å². The van der Waals surface area contributed by atoms with Crippen LogP contribution in [0.4, 0.5) is 0 Å². The van der Waals surface area contributed by atoms with Crippen molar-refractivity contribution in [2.24, 2.45) is 0 Å². The smallest absolute Gasteiger partial charge is 0.267 e. The molecule has 2 aromatic rings. The molecule has 0 saturated carbocycles. The quantitative estimate of drug-likeness (QED) is 0.865. The molecule has 144 valence electrons. The Morgan fingerprint density at radius 2 is 1.85 bits per heavy atom. The number of piperidine rings is 1. The zero-order valence-corrected chi connectivity index (χ0v) is 15.8. The first kappa shape index (κ1) is 17.1. The summed E-state index contributed by atoms with van der Waals surface area (Å²) in [5, 5.41) is 5.73. The standard InChI is InChI=1S/C21H28N4O2/c26-20-18-6-11-24(12-7-19(18)22-23-20)14-16-2-4-17(5-3-16)27-21-8-1-10-25(15-21)13-9-21/h2-5H,1,6-15H2,(H2,22,23,26). The molecule has 0 spiro atoms. The lowest BCUT2D eigenvalue weighted by Gasteiger charge is -2.34. The van der Waals surface area contributed by atoms with Crippen molar-refractivity contribution in [3.05, 3.63) is 51.4 Å². The summed E-state index contributed by atoms with van der Waals surface area (Å²) in [5.74, 6) is 1.000. The van der Waals surface area contributed by atoms with E-state index in [-0.39, 0.29) is 11.2 Å². The molecule has 3 aliphatic rings. The first-order valence-electron chi connectivity index (χ1n) is 10.2. The first-order chi connectivity index (χ1) is 13.2. The molecule has 2 saturated heterocycles. The highest BCUT2D eigenvalue weighted by Crippen LogP contribution is 2.35. The SMILES string of the molecule is O=c1[nH][nH]c2c1CCN(Cc1ccc(OC34CCCN(CC3)C4)cc1)CC2. The maximum atomic E-state index is 11.8. The van der Waals surface area contributed by atoms with Gasteiger partial charge in [-0.05, 0) is 43.5 Å². The van der Waals surface area contributed by atoms with E-state index in [4.69, 9.17) is 4.74 Å². The van der Waals surface area contributed by atoms with Crippen LogP contribution in [0.15, 0.2) is 29.1 Å². The number of hydrogen-bond donors (Lipinski definition) is 2. The van der Waals surface area contributed by atoms with Gasteiger partial charge in [-0.15, -0.1) is 0 Å². The van der Waals surface area contributed by atoms with Crippen LogP contribution in [-0.4, -0.2) is 58.3 Å². The fraction of sp³-hybridized carbons (Fsp3) is 0.571. The molecule has 5 rings (SSSR count). The van der Waals surface area contributed by atoms with Crippen molar-refractivity contribution in [1.29, 1.82) is 0 Å². The Bertz CT molecular complexity index is 852. The third kappa shape index (κ3) is 3.44. The highest BCUT2D eigenvalue weighted by molar-refractivity contribution is 5.28. The van der Waals surface area contributed by atoms with Gasteiger partial charge in [0.25, 0.3) is 5.56 Å².